The number of benzene rings is 2. The Morgan fingerprint density at radius 2 is 1.38 bits per heavy atom. The number of carbonyl (C=O) groups excluding carboxylic acids is 4. The minimum absolute atomic E-state index is 0.232. The van der Waals surface area contributed by atoms with Crippen molar-refractivity contribution in [1.29, 1.82) is 0 Å². The summed E-state index contributed by atoms with van der Waals surface area (Å²) in [5.74, 6) is -2.43. The fourth-order valence-corrected chi connectivity index (χ4v) is 4.56. The quantitative estimate of drug-likeness (QED) is 0.344. The normalized spacial score (nSPS) is 22.9. The van der Waals surface area contributed by atoms with E-state index in [4.69, 9.17) is 40.0 Å². The lowest BCUT2D eigenvalue weighted by Gasteiger charge is -2.44. The van der Waals surface area contributed by atoms with Crippen LogP contribution in [0.3, 0.4) is 0 Å². The molecule has 1 saturated heterocycles. The summed E-state index contributed by atoms with van der Waals surface area (Å²) in [4.78, 5) is 47.9. The molecule has 0 amide bonds. The zero-order valence-electron chi connectivity index (χ0n) is 22.6. The summed E-state index contributed by atoms with van der Waals surface area (Å²) >= 11 is 6.45. The van der Waals surface area contributed by atoms with Gasteiger partial charge in [0.1, 0.15) is 18.0 Å². The highest BCUT2D eigenvalue weighted by Crippen LogP contribution is 2.40. The standard InChI is InChI=1S/C28H31ClO11/c1-6-35-20-10-7-18(8-11-20)23(34)21-13-19(9-12-22(21)29)24-25(36-14(2)30)26(37-15(3)31)27(38-16(4)32)28(40-24)39-17(5)33/h7-13,23-28,34H,6H2,1-5H3/t23?,24-,25-,26+,27-,28-/m0/s1. The van der Waals surface area contributed by atoms with Gasteiger partial charge in [0.15, 0.2) is 12.2 Å². The topological polar surface area (TPSA) is 144 Å². The Bertz CT molecular complexity index is 1230. The number of halogens is 1. The molecule has 6 atom stereocenters. The largest absolute Gasteiger partial charge is 0.494 e. The van der Waals surface area contributed by atoms with Crippen molar-refractivity contribution < 1.29 is 52.7 Å². The van der Waals surface area contributed by atoms with Crippen molar-refractivity contribution in [3.05, 3.63) is 64.2 Å². The third kappa shape index (κ3) is 7.71. The van der Waals surface area contributed by atoms with Crippen molar-refractivity contribution in [3.8, 4) is 5.75 Å². The van der Waals surface area contributed by atoms with E-state index >= 15 is 0 Å². The number of ether oxygens (including phenoxy) is 6. The highest BCUT2D eigenvalue weighted by atomic mass is 35.5. The number of hydrogen-bond donors (Lipinski definition) is 1. The third-order valence-electron chi connectivity index (χ3n) is 5.83. The Balaban J connectivity index is 2.08. The Kier molecular flexibility index (Phi) is 10.5. The van der Waals surface area contributed by atoms with E-state index in [0.717, 1.165) is 27.7 Å². The minimum atomic E-state index is -1.53. The van der Waals surface area contributed by atoms with E-state index in [1.165, 1.54) is 12.1 Å². The van der Waals surface area contributed by atoms with Gasteiger partial charge in [0, 0.05) is 38.3 Å². The lowest BCUT2D eigenvalue weighted by Crippen LogP contribution is -2.59. The van der Waals surface area contributed by atoms with Crippen LogP contribution in [0.5, 0.6) is 5.75 Å². The fourth-order valence-electron chi connectivity index (χ4n) is 4.34. The molecule has 0 aromatic heterocycles. The van der Waals surface area contributed by atoms with Crippen LogP contribution in [0.2, 0.25) is 5.02 Å². The van der Waals surface area contributed by atoms with E-state index in [9.17, 15) is 24.3 Å². The molecule has 0 spiro atoms. The van der Waals surface area contributed by atoms with Crippen LogP contribution in [0.4, 0.5) is 0 Å². The second kappa shape index (κ2) is 13.6. The predicted molar refractivity (Wildman–Crippen MR) is 139 cm³/mol. The maximum absolute atomic E-state index is 12.1. The molecule has 2 aromatic carbocycles. The molecule has 40 heavy (non-hydrogen) atoms. The Labute approximate surface area is 236 Å². The van der Waals surface area contributed by atoms with Gasteiger partial charge in [-0.25, -0.2) is 0 Å². The van der Waals surface area contributed by atoms with Crippen LogP contribution in [-0.2, 0) is 42.9 Å². The van der Waals surface area contributed by atoms with E-state index in [2.05, 4.69) is 0 Å². The van der Waals surface area contributed by atoms with E-state index in [1.807, 2.05) is 6.92 Å². The Morgan fingerprint density at radius 1 is 0.825 bits per heavy atom. The van der Waals surface area contributed by atoms with Crippen molar-refractivity contribution in [2.24, 2.45) is 0 Å². The third-order valence-corrected chi connectivity index (χ3v) is 6.18. The number of carbonyl (C=O) groups is 4. The molecular weight excluding hydrogens is 548 g/mol. The summed E-state index contributed by atoms with van der Waals surface area (Å²) in [7, 11) is 0. The zero-order chi connectivity index (χ0) is 29.6. The van der Waals surface area contributed by atoms with Gasteiger partial charge in [0.25, 0.3) is 0 Å². The molecule has 216 valence electrons. The average molecular weight is 579 g/mol. The van der Waals surface area contributed by atoms with Gasteiger partial charge in [0.05, 0.1) is 6.61 Å². The molecule has 1 fully saturated rings. The molecule has 11 nitrogen and oxygen atoms in total. The highest BCUT2D eigenvalue weighted by molar-refractivity contribution is 6.31. The van der Waals surface area contributed by atoms with Crippen molar-refractivity contribution in [1.82, 2.24) is 0 Å². The highest BCUT2D eigenvalue weighted by Gasteiger charge is 2.53. The molecule has 0 saturated carbocycles. The van der Waals surface area contributed by atoms with Crippen LogP contribution in [0.1, 0.15) is 63.5 Å². The first-order valence-electron chi connectivity index (χ1n) is 12.5. The molecule has 12 heteroatoms. The van der Waals surface area contributed by atoms with Crippen LogP contribution in [0.25, 0.3) is 0 Å². The van der Waals surface area contributed by atoms with Gasteiger partial charge in [-0.2, -0.15) is 0 Å². The van der Waals surface area contributed by atoms with Gasteiger partial charge in [0.2, 0.25) is 12.4 Å². The van der Waals surface area contributed by atoms with Gasteiger partial charge in [-0.1, -0.05) is 29.8 Å². The smallest absolute Gasteiger partial charge is 0.305 e. The lowest BCUT2D eigenvalue weighted by atomic mass is 9.90. The maximum Gasteiger partial charge on any atom is 0.305 e. The number of rotatable bonds is 9. The number of aliphatic hydroxyl groups is 1. The molecule has 0 bridgehead atoms. The summed E-state index contributed by atoms with van der Waals surface area (Å²) in [5.41, 5.74) is 1.16. The summed E-state index contributed by atoms with van der Waals surface area (Å²) in [5, 5.41) is 11.4. The van der Waals surface area contributed by atoms with E-state index in [1.54, 1.807) is 30.3 Å². The Morgan fingerprint density at radius 3 is 1.93 bits per heavy atom. The van der Waals surface area contributed by atoms with Crippen LogP contribution < -0.4 is 4.74 Å². The van der Waals surface area contributed by atoms with Crippen LogP contribution in [0.15, 0.2) is 42.5 Å². The molecule has 1 unspecified atom stereocenters. The summed E-state index contributed by atoms with van der Waals surface area (Å²) in [6.45, 7) is 6.84. The molecule has 1 heterocycles. The second-order valence-corrected chi connectivity index (χ2v) is 9.35. The Hall–Kier alpha value is -3.67. The molecule has 2 aromatic rings. The molecule has 1 N–H and O–H groups in total. The van der Waals surface area contributed by atoms with Gasteiger partial charge in [-0.3, -0.25) is 19.2 Å². The van der Waals surface area contributed by atoms with E-state index < -0.39 is 60.7 Å². The first-order valence-corrected chi connectivity index (χ1v) is 12.8. The van der Waals surface area contributed by atoms with E-state index in [0.29, 0.717) is 29.0 Å². The predicted octanol–water partition coefficient (Wildman–Crippen LogP) is 3.58. The SMILES string of the molecule is CCOc1ccc(C(O)c2cc([C@@H]3O[C@H](OC(C)=O)[C@@H](OC(C)=O)[C@H](OC(C)=O)[C@H]3OC(C)=O)ccc2Cl)cc1. The van der Waals surface area contributed by atoms with Gasteiger partial charge < -0.3 is 33.5 Å². The maximum atomic E-state index is 12.1. The molecule has 0 radical (unpaired) electrons. The van der Waals surface area contributed by atoms with Gasteiger partial charge in [-0.15, -0.1) is 0 Å². The average Bonchev–Trinajstić information content (AvgIpc) is 2.87. The number of aliphatic hydroxyl groups excluding tert-OH is 1. The second-order valence-electron chi connectivity index (χ2n) is 8.94. The summed E-state index contributed by atoms with van der Waals surface area (Å²) < 4.78 is 33.0. The zero-order valence-corrected chi connectivity index (χ0v) is 23.4. The lowest BCUT2D eigenvalue weighted by molar-refractivity contribution is -0.298. The monoisotopic (exact) mass is 578 g/mol. The van der Waals surface area contributed by atoms with Crippen molar-refractivity contribution in [3.63, 3.8) is 0 Å². The first-order chi connectivity index (χ1) is 18.9. The molecule has 1 aliphatic rings. The van der Waals surface area contributed by atoms with Crippen molar-refractivity contribution in [2.75, 3.05) is 6.61 Å². The molecular formula is C28H31ClO11. The first kappa shape index (κ1) is 30.9. The molecule has 0 aliphatic carbocycles. The van der Waals surface area contributed by atoms with Crippen molar-refractivity contribution >= 4 is 35.5 Å². The number of esters is 4. The van der Waals surface area contributed by atoms with Gasteiger partial charge in [-0.05, 0) is 42.3 Å². The number of hydrogen-bond acceptors (Lipinski definition) is 11. The van der Waals surface area contributed by atoms with E-state index in [-0.39, 0.29) is 5.02 Å². The van der Waals surface area contributed by atoms with Crippen LogP contribution >= 0.6 is 11.6 Å². The van der Waals surface area contributed by atoms with Crippen LogP contribution in [0, 0.1) is 0 Å². The van der Waals surface area contributed by atoms with Gasteiger partial charge >= 0.3 is 23.9 Å². The molecule has 3 rings (SSSR count). The van der Waals surface area contributed by atoms with Crippen LogP contribution in [-0.4, -0.2) is 60.2 Å². The minimum Gasteiger partial charge on any atom is -0.494 e. The molecule has 1 aliphatic heterocycles. The summed E-state index contributed by atoms with van der Waals surface area (Å²) in [6.07, 6.45) is -8.10. The fraction of sp³-hybridized carbons (Fsp3) is 0.429. The summed E-state index contributed by atoms with van der Waals surface area (Å²) in [6, 6.07) is 11.4. The van der Waals surface area contributed by atoms with Crippen molar-refractivity contribution in [2.45, 2.75) is 71.4 Å².